The monoisotopic (exact) mass is 458 g/mol. The van der Waals surface area contributed by atoms with Gasteiger partial charge in [-0.25, -0.2) is 19.3 Å². The third-order valence-corrected chi connectivity index (χ3v) is 5.53. The molecule has 2 atom stereocenters. The van der Waals surface area contributed by atoms with Gasteiger partial charge < -0.3 is 15.5 Å². The summed E-state index contributed by atoms with van der Waals surface area (Å²) < 4.78 is 51.7. The van der Waals surface area contributed by atoms with Crippen LogP contribution in [0.25, 0.3) is 0 Å². The van der Waals surface area contributed by atoms with Crippen molar-refractivity contribution in [1.82, 2.24) is 20.3 Å². The Morgan fingerprint density at radius 2 is 2.13 bits per heavy atom. The summed E-state index contributed by atoms with van der Waals surface area (Å²) in [7, 11) is 0. The summed E-state index contributed by atoms with van der Waals surface area (Å²) >= 11 is 6.05. The van der Waals surface area contributed by atoms with E-state index in [1.165, 1.54) is 11.1 Å². The topological polar surface area (TPSA) is 83.0 Å². The summed E-state index contributed by atoms with van der Waals surface area (Å²) in [6.45, 7) is 0.287. The average molecular weight is 459 g/mol. The molecule has 7 nitrogen and oxygen atoms in total. The first kappa shape index (κ1) is 21.5. The second kappa shape index (κ2) is 8.45. The van der Waals surface area contributed by atoms with Crippen molar-refractivity contribution in [2.24, 2.45) is 0 Å². The predicted molar refractivity (Wildman–Crippen MR) is 106 cm³/mol. The predicted octanol–water partition coefficient (Wildman–Crippen LogP) is 3.26. The molecule has 1 saturated heterocycles. The molecule has 166 valence electrons. The Hall–Kier alpha value is -2.69. The lowest BCUT2D eigenvalue weighted by molar-refractivity contribution is -0.135. The van der Waals surface area contributed by atoms with E-state index in [4.69, 9.17) is 11.6 Å². The van der Waals surface area contributed by atoms with Crippen LogP contribution in [0.15, 0.2) is 18.5 Å². The van der Waals surface area contributed by atoms with Crippen LogP contribution in [0.1, 0.15) is 36.6 Å². The van der Waals surface area contributed by atoms with Crippen LogP contribution in [0, 0.1) is 5.82 Å². The molecule has 0 radical (unpaired) electrons. The number of nitrogens with zero attached hydrogens (tertiary/aromatic N) is 4. The quantitative estimate of drug-likeness (QED) is 0.669. The van der Waals surface area contributed by atoms with Crippen molar-refractivity contribution in [3.8, 4) is 0 Å². The number of halogens is 5. The number of nitrogens with one attached hydrogen (secondary N) is 2. The van der Waals surface area contributed by atoms with E-state index in [2.05, 4.69) is 25.6 Å². The Balaban J connectivity index is 1.55. The van der Waals surface area contributed by atoms with E-state index in [-0.39, 0.29) is 11.7 Å². The minimum atomic E-state index is -4.36. The molecule has 4 heterocycles. The van der Waals surface area contributed by atoms with Gasteiger partial charge in [-0.2, -0.15) is 13.2 Å². The fourth-order valence-electron chi connectivity index (χ4n) is 3.89. The molecule has 0 aromatic carbocycles. The number of hydrogen-bond acceptors (Lipinski definition) is 6. The molecule has 2 aromatic heterocycles. The number of hydrogen-bond donors (Lipinski definition) is 2. The number of alkyl halides is 3. The summed E-state index contributed by atoms with van der Waals surface area (Å²) in [5, 5.41) is 5.87. The van der Waals surface area contributed by atoms with Crippen LogP contribution >= 0.6 is 11.6 Å². The van der Waals surface area contributed by atoms with Crippen LogP contribution in [0.5, 0.6) is 0 Å². The van der Waals surface area contributed by atoms with Crippen molar-refractivity contribution in [1.29, 1.82) is 0 Å². The first-order chi connectivity index (χ1) is 14.7. The van der Waals surface area contributed by atoms with E-state index >= 15 is 0 Å². The van der Waals surface area contributed by atoms with Gasteiger partial charge in [-0.3, -0.25) is 4.79 Å². The number of rotatable bonds is 5. The van der Waals surface area contributed by atoms with Crippen molar-refractivity contribution < 1.29 is 22.4 Å². The second-order valence-corrected chi connectivity index (χ2v) is 7.87. The summed E-state index contributed by atoms with van der Waals surface area (Å²) in [5.74, 6) is -0.634. The number of pyridine rings is 1. The van der Waals surface area contributed by atoms with E-state index in [0.29, 0.717) is 42.6 Å². The van der Waals surface area contributed by atoms with E-state index in [0.717, 1.165) is 11.8 Å². The van der Waals surface area contributed by atoms with Crippen molar-refractivity contribution in [3.63, 3.8) is 0 Å². The van der Waals surface area contributed by atoms with E-state index in [1.54, 1.807) is 6.07 Å². The highest BCUT2D eigenvalue weighted by Crippen LogP contribution is 2.36. The summed E-state index contributed by atoms with van der Waals surface area (Å²) in [5.41, 5.74) is 0.785. The van der Waals surface area contributed by atoms with E-state index in [9.17, 15) is 22.4 Å². The molecule has 1 amide bonds. The highest BCUT2D eigenvalue weighted by Gasteiger charge is 2.35. The lowest BCUT2D eigenvalue weighted by Gasteiger charge is -2.26. The van der Waals surface area contributed by atoms with E-state index in [1.807, 2.05) is 0 Å². The number of carbonyl (C=O) groups is 1. The minimum Gasteiger partial charge on any atom is -0.369 e. The van der Waals surface area contributed by atoms with Gasteiger partial charge in [0.2, 0.25) is 5.91 Å². The van der Waals surface area contributed by atoms with Gasteiger partial charge in [-0.05, 0) is 18.9 Å². The van der Waals surface area contributed by atoms with Gasteiger partial charge in [0, 0.05) is 31.4 Å². The Morgan fingerprint density at radius 1 is 1.32 bits per heavy atom. The fourth-order valence-corrected chi connectivity index (χ4v) is 4.05. The van der Waals surface area contributed by atoms with Crippen LogP contribution in [0.2, 0.25) is 5.02 Å². The van der Waals surface area contributed by atoms with Gasteiger partial charge in [-0.15, -0.1) is 0 Å². The first-order valence-electron chi connectivity index (χ1n) is 9.76. The van der Waals surface area contributed by atoms with Gasteiger partial charge >= 0.3 is 6.18 Å². The van der Waals surface area contributed by atoms with Crippen molar-refractivity contribution in [3.05, 3.63) is 40.7 Å². The smallest absolute Gasteiger partial charge is 0.369 e. The van der Waals surface area contributed by atoms with Crippen LogP contribution in [0.4, 0.5) is 29.2 Å². The maximum Gasteiger partial charge on any atom is 0.390 e. The molecule has 2 aliphatic rings. The second-order valence-electron chi connectivity index (χ2n) is 7.43. The summed E-state index contributed by atoms with van der Waals surface area (Å²) in [6, 6.07) is 0.948. The van der Waals surface area contributed by atoms with Gasteiger partial charge in [0.15, 0.2) is 11.6 Å². The maximum atomic E-state index is 14.6. The molecule has 1 fully saturated rings. The van der Waals surface area contributed by atoms with E-state index < -0.39 is 36.9 Å². The van der Waals surface area contributed by atoms with Crippen LogP contribution in [-0.2, 0) is 4.79 Å². The average Bonchev–Trinajstić information content (AvgIpc) is 3.34. The highest BCUT2D eigenvalue weighted by molar-refractivity contribution is 6.30. The number of fused-ring (bicyclic) bond motifs is 1. The number of carbonyl (C=O) groups excluding carboxylic acids is 1. The molecule has 31 heavy (non-hydrogen) atoms. The minimum absolute atomic E-state index is 0.0399. The lowest BCUT2D eigenvalue weighted by atomic mass is 10.0. The molecule has 0 saturated carbocycles. The molecule has 2 aliphatic heterocycles. The van der Waals surface area contributed by atoms with Crippen molar-refractivity contribution in [2.45, 2.75) is 37.4 Å². The van der Waals surface area contributed by atoms with Crippen LogP contribution in [0.3, 0.4) is 0 Å². The normalized spacial score (nSPS) is 20.5. The molecule has 0 aliphatic carbocycles. The molecular formula is C19H19ClF4N6O. The molecule has 2 N–H and O–H groups in total. The molecule has 1 unspecified atom stereocenters. The largest absolute Gasteiger partial charge is 0.390 e. The Kier molecular flexibility index (Phi) is 5.87. The molecular weight excluding hydrogens is 440 g/mol. The van der Waals surface area contributed by atoms with Crippen LogP contribution in [-0.4, -0.2) is 52.7 Å². The zero-order chi connectivity index (χ0) is 22.2. The Bertz CT molecular complexity index is 988. The third kappa shape index (κ3) is 4.65. The number of aromatic nitrogens is 3. The van der Waals surface area contributed by atoms with Crippen molar-refractivity contribution in [2.75, 3.05) is 29.9 Å². The fraction of sp³-hybridized carbons (Fsp3) is 0.474. The first-order valence-corrected chi connectivity index (χ1v) is 10.1. The standard InChI is InChI=1S/C19H19ClF4N6O/c20-10-6-11-12(8-27-15(11)26-7-10)16-28-9-13(21)17(29-16)30-5-1-2-14(30)18(31)25-4-3-19(22,23)24/h6-7,9,12,14H,1-5,8H2,(H,25,31)(H,26,27)/t12?,14-/m1/s1. The maximum absolute atomic E-state index is 14.6. The van der Waals surface area contributed by atoms with Gasteiger partial charge in [-0.1, -0.05) is 11.6 Å². The summed E-state index contributed by atoms with van der Waals surface area (Å²) in [4.78, 5) is 26.7. The molecule has 0 bridgehead atoms. The van der Waals surface area contributed by atoms with Gasteiger partial charge in [0.05, 0.1) is 23.6 Å². The highest BCUT2D eigenvalue weighted by atomic mass is 35.5. The molecule has 12 heteroatoms. The third-order valence-electron chi connectivity index (χ3n) is 5.32. The molecule has 2 aromatic rings. The summed E-state index contributed by atoms with van der Waals surface area (Å²) in [6.07, 6.45) is -1.95. The van der Waals surface area contributed by atoms with Crippen LogP contribution < -0.4 is 15.5 Å². The zero-order valence-corrected chi connectivity index (χ0v) is 17.0. The Morgan fingerprint density at radius 3 is 2.90 bits per heavy atom. The number of anilines is 2. The zero-order valence-electron chi connectivity index (χ0n) is 16.2. The van der Waals surface area contributed by atoms with Gasteiger partial charge in [0.25, 0.3) is 0 Å². The SMILES string of the molecule is O=C(NCCC(F)(F)F)[C@H]1CCCN1c1nc(C2CNc3ncc(Cl)cc32)ncc1F. The van der Waals surface area contributed by atoms with Crippen molar-refractivity contribution >= 4 is 29.1 Å². The molecule has 0 spiro atoms. The molecule has 4 rings (SSSR count). The van der Waals surface area contributed by atoms with Gasteiger partial charge in [0.1, 0.15) is 17.7 Å². The number of amides is 1. The Labute approximate surface area is 180 Å². The lowest BCUT2D eigenvalue weighted by Crippen LogP contribution is -2.45.